The molecule has 0 amide bonds. The molecule has 0 saturated carbocycles. The molecular formula is C33H28ClF2N3O4. The van der Waals surface area contributed by atoms with Crippen molar-refractivity contribution in [2.45, 2.75) is 45.4 Å². The molecule has 220 valence electrons. The Hall–Kier alpha value is -4.34. The van der Waals surface area contributed by atoms with Gasteiger partial charge >= 0.3 is 5.97 Å². The number of carboxylic acid groups (broad SMARTS) is 1. The molecule has 1 aliphatic rings. The number of rotatable bonds is 9. The molecule has 3 heterocycles. The van der Waals surface area contributed by atoms with E-state index in [1.165, 1.54) is 12.1 Å². The Morgan fingerprint density at radius 2 is 1.93 bits per heavy atom. The molecule has 0 unspecified atom stereocenters. The van der Waals surface area contributed by atoms with Crippen molar-refractivity contribution in [3.63, 3.8) is 0 Å². The van der Waals surface area contributed by atoms with Crippen LogP contribution < -0.4 is 4.74 Å². The number of carboxylic acids is 1. The van der Waals surface area contributed by atoms with Crippen LogP contribution in [0.25, 0.3) is 22.3 Å². The summed E-state index contributed by atoms with van der Waals surface area (Å²) in [7, 11) is 0. The lowest BCUT2D eigenvalue weighted by atomic mass is 9.99. The highest BCUT2D eigenvalue weighted by molar-refractivity contribution is 6.30. The van der Waals surface area contributed by atoms with E-state index in [2.05, 4.69) is 4.98 Å². The van der Waals surface area contributed by atoms with Gasteiger partial charge < -0.3 is 19.1 Å². The second kappa shape index (κ2) is 12.1. The summed E-state index contributed by atoms with van der Waals surface area (Å²) in [4.78, 5) is 20.9. The smallest absolute Gasteiger partial charge is 0.335 e. The first-order chi connectivity index (χ1) is 20.8. The Balaban J connectivity index is 1.27. The fourth-order valence-corrected chi connectivity index (χ4v) is 5.52. The lowest BCUT2D eigenvalue weighted by molar-refractivity contribution is 0.0697. The zero-order chi connectivity index (χ0) is 30.1. The molecule has 0 radical (unpaired) electrons. The van der Waals surface area contributed by atoms with Gasteiger partial charge in [-0.15, -0.1) is 0 Å². The van der Waals surface area contributed by atoms with Crippen molar-refractivity contribution in [1.82, 2.24) is 14.5 Å². The number of hydrogen-bond acceptors (Lipinski definition) is 5. The third-order valence-electron chi connectivity index (χ3n) is 7.72. The summed E-state index contributed by atoms with van der Waals surface area (Å²) < 4.78 is 43.5. The minimum Gasteiger partial charge on any atom is -0.478 e. The number of aromatic carboxylic acids is 1. The molecule has 1 fully saturated rings. The van der Waals surface area contributed by atoms with Gasteiger partial charge in [0.25, 0.3) is 0 Å². The number of pyridine rings is 1. The third-order valence-corrected chi connectivity index (χ3v) is 7.96. The van der Waals surface area contributed by atoms with Gasteiger partial charge in [0.15, 0.2) is 0 Å². The molecule has 7 nitrogen and oxygen atoms in total. The van der Waals surface area contributed by atoms with Gasteiger partial charge in [-0.1, -0.05) is 29.8 Å². The molecule has 0 aliphatic carbocycles. The van der Waals surface area contributed by atoms with E-state index in [-0.39, 0.29) is 24.2 Å². The lowest BCUT2D eigenvalue weighted by Crippen LogP contribution is -2.17. The van der Waals surface area contributed by atoms with Crippen molar-refractivity contribution >= 4 is 28.6 Å². The van der Waals surface area contributed by atoms with Gasteiger partial charge in [-0.2, -0.15) is 0 Å². The van der Waals surface area contributed by atoms with Crippen LogP contribution in [0.2, 0.25) is 5.02 Å². The molecule has 43 heavy (non-hydrogen) atoms. The number of nitrogens with zero attached hydrogens (tertiary/aromatic N) is 3. The molecule has 1 N–H and O–H groups in total. The van der Waals surface area contributed by atoms with Crippen molar-refractivity contribution in [2.75, 3.05) is 6.61 Å². The predicted molar refractivity (Wildman–Crippen MR) is 159 cm³/mol. The Kier molecular flexibility index (Phi) is 8.10. The average Bonchev–Trinajstić information content (AvgIpc) is 3.63. The maximum Gasteiger partial charge on any atom is 0.335 e. The van der Waals surface area contributed by atoms with Gasteiger partial charge in [0.2, 0.25) is 5.88 Å². The number of ether oxygens (including phenoxy) is 2. The molecule has 1 saturated heterocycles. The highest BCUT2D eigenvalue weighted by atomic mass is 35.5. The number of hydrogen-bond donors (Lipinski definition) is 1. The summed E-state index contributed by atoms with van der Waals surface area (Å²) in [6, 6.07) is 17.8. The van der Waals surface area contributed by atoms with Gasteiger partial charge in [-0.25, -0.2) is 23.5 Å². The van der Waals surface area contributed by atoms with Crippen molar-refractivity contribution < 1.29 is 28.2 Å². The Bertz CT molecular complexity index is 1840. The topological polar surface area (TPSA) is 86.5 Å². The monoisotopic (exact) mass is 603 g/mol. The minimum atomic E-state index is -1.01. The predicted octanol–water partition coefficient (Wildman–Crippen LogP) is 7.39. The highest BCUT2D eigenvalue weighted by Gasteiger charge is 2.22. The summed E-state index contributed by atoms with van der Waals surface area (Å²) in [5.74, 6) is -0.974. The standard InChI is InChI=1S/C33H28ClF2N3O4/c1-19-20(15-30-37-28-12-9-21(33(40)41)14-29(28)39(30)17-24-4-3-13-42-24)8-11-25(32(19)36)27-5-2-6-31(38-27)43-18-22-7-10-23(34)16-26(22)35/h2,5-12,14,16,24H,3-4,13,15,17-18H2,1H3,(H,40,41)/t24-/m1/s1. The van der Waals surface area contributed by atoms with Crippen LogP contribution in [0.5, 0.6) is 5.88 Å². The second-order valence-electron chi connectivity index (χ2n) is 10.6. The van der Waals surface area contributed by atoms with Crippen LogP contribution in [-0.2, 0) is 24.3 Å². The molecule has 1 aliphatic heterocycles. The maximum absolute atomic E-state index is 15.8. The molecule has 5 aromatic rings. The van der Waals surface area contributed by atoms with Gasteiger partial charge in [0.1, 0.15) is 24.1 Å². The van der Waals surface area contributed by atoms with Crippen LogP contribution in [0.15, 0.2) is 66.7 Å². The summed E-state index contributed by atoms with van der Waals surface area (Å²) >= 11 is 5.83. The summed E-state index contributed by atoms with van der Waals surface area (Å²) in [6.07, 6.45) is 2.22. The van der Waals surface area contributed by atoms with Crippen LogP contribution in [0.1, 0.15) is 45.7 Å². The van der Waals surface area contributed by atoms with Gasteiger partial charge in [-0.05, 0) is 73.4 Å². The molecule has 2 aromatic heterocycles. The van der Waals surface area contributed by atoms with E-state index >= 15 is 4.39 Å². The average molecular weight is 604 g/mol. The van der Waals surface area contributed by atoms with Crippen LogP contribution in [-0.4, -0.2) is 38.3 Å². The Morgan fingerprint density at radius 1 is 1.09 bits per heavy atom. The van der Waals surface area contributed by atoms with Crippen molar-refractivity contribution in [3.05, 3.63) is 111 Å². The van der Waals surface area contributed by atoms with E-state index in [9.17, 15) is 14.3 Å². The van der Waals surface area contributed by atoms with Gasteiger partial charge in [0.05, 0.1) is 34.9 Å². The zero-order valence-corrected chi connectivity index (χ0v) is 24.1. The van der Waals surface area contributed by atoms with E-state index in [1.54, 1.807) is 55.5 Å². The Labute approximate surface area is 251 Å². The van der Waals surface area contributed by atoms with Crippen molar-refractivity contribution in [2.24, 2.45) is 0 Å². The SMILES string of the molecule is Cc1c(Cc2nc3ccc(C(=O)O)cc3n2C[C@H]2CCCO2)ccc(-c2cccc(OCc3ccc(Cl)cc3F)n2)c1F. The molecule has 0 bridgehead atoms. The quantitative estimate of drug-likeness (QED) is 0.189. The number of benzene rings is 3. The fourth-order valence-electron chi connectivity index (χ4n) is 5.36. The van der Waals surface area contributed by atoms with Crippen LogP contribution >= 0.6 is 11.6 Å². The first kappa shape index (κ1) is 28.8. The Morgan fingerprint density at radius 3 is 2.70 bits per heavy atom. The van der Waals surface area contributed by atoms with Crippen LogP contribution in [0.4, 0.5) is 8.78 Å². The van der Waals surface area contributed by atoms with E-state index in [0.29, 0.717) is 63.8 Å². The van der Waals surface area contributed by atoms with E-state index in [1.807, 2.05) is 10.6 Å². The highest BCUT2D eigenvalue weighted by Crippen LogP contribution is 2.30. The van der Waals surface area contributed by atoms with E-state index in [0.717, 1.165) is 18.4 Å². The van der Waals surface area contributed by atoms with E-state index < -0.39 is 17.6 Å². The lowest BCUT2D eigenvalue weighted by Gasteiger charge is -2.16. The van der Waals surface area contributed by atoms with Crippen molar-refractivity contribution in [3.8, 4) is 17.1 Å². The first-order valence-corrected chi connectivity index (χ1v) is 14.3. The molecule has 0 spiro atoms. The number of halogens is 3. The third kappa shape index (κ3) is 6.09. The second-order valence-corrected chi connectivity index (χ2v) is 11.0. The fraction of sp³-hybridized carbons (Fsp3) is 0.242. The first-order valence-electron chi connectivity index (χ1n) is 13.9. The normalized spacial score (nSPS) is 14.8. The molecule has 10 heteroatoms. The number of fused-ring (bicyclic) bond motifs is 1. The van der Waals surface area contributed by atoms with Gasteiger partial charge in [0, 0.05) is 35.2 Å². The molecule has 6 rings (SSSR count). The molecular weight excluding hydrogens is 576 g/mol. The molecule has 3 aromatic carbocycles. The molecule has 1 atom stereocenters. The van der Waals surface area contributed by atoms with E-state index in [4.69, 9.17) is 26.1 Å². The number of aromatic nitrogens is 3. The zero-order valence-electron chi connectivity index (χ0n) is 23.3. The number of imidazole rings is 1. The largest absolute Gasteiger partial charge is 0.478 e. The van der Waals surface area contributed by atoms with Crippen LogP contribution in [0, 0.1) is 18.6 Å². The maximum atomic E-state index is 15.8. The minimum absolute atomic E-state index is 0.00148. The van der Waals surface area contributed by atoms with Crippen LogP contribution in [0.3, 0.4) is 0 Å². The summed E-state index contributed by atoms with van der Waals surface area (Å²) in [5.41, 5.74) is 3.78. The number of carbonyl (C=O) groups is 1. The summed E-state index contributed by atoms with van der Waals surface area (Å²) in [5, 5.41) is 9.83. The van der Waals surface area contributed by atoms with Crippen molar-refractivity contribution in [1.29, 1.82) is 0 Å². The summed E-state index contributed by atoms with van der Waals surface area (Å²) in [6.45, 7) is 2.89. The van der Waals surface area contributed by atoms with Gasteiger partial charge in [-0.3, -0.25) is 0 Å².